The summed E-state index contributed by atoms with van der Waals surface area (Å²) in [7, 11) is 0. The summed E-state index contributed by atoms with van der Waals surface area (Å²) in [6.45, 7) is 13.9. The molecule has 1 aromatic carbocycles. The van der Waals surface area contributed by atoms with Crippen LogP contribution >= 0.6 is 23.2 Å². The van der Waals surface area contributed by atoms with Crippen molar-refractivity contribution < 1.29 is 0 Å². The fourth-order valence-electron chi connectivity index (χ4n) is 4.99. The van der Waals surface area contributed by atoms with Gasteiger partial charge in [-0.1, -0.05) is 69.7 Å². The Morgan fingerprint density at radius 3 is 2.70 bits per heavy atom. The van der Waals surface area contributed by atoms with Gasteiger partial charge in [-0.2, -0.15) is 0 Å². The number of halogens is 2. The molecule has 30 heavy (non-hydrogen) atoms. The van der Waals surface area contributed by atoms with Gasteiger partial charge in [-0.3, -0.25) is 0 Å². The smallest absolute Gasteiger partial charge is 0.0553 e. The molecular weight excluding hydrogens is 411 g/mol. The maximum absolute atomic E-state index is 6.24. The molecule has 1 heterocycles. The lowest BCUT2D eigenvalue weighted by Gasteiger charge is -2.46. The fourth-order valence-corrected chi connectivity index (χ4v) is 5.37. The average Bonchev–Trinajstić information content (AvgIpc) is 2.67. The number of alkyl halides is 1. The molecule has 4 heteroatoms. The van der Waals surface area contributed by atoms with Crippen LogP contribution in [-0.2, 0) is 6.42 Å². The van der Waals surface area contributed by atoms with Gasteiger partial charge in [0.25, 0.3) is 0 Å². The van der Waals surface area contributed by atoms with Crippen LogP contribution in [0.4, 0.5) is 0 Å². The number of likely N-dealkylation sites (tertiary alicyclic amines) is 1. The van der Waals surface area contributed by atoms with Gasteiger partial charge in [0.05, 0.1) is 5.38 Å². The average molecular weight is 450 g/mol. The molecule has 2 nitrogen and oxygen atoms in total. The van der Waals surface area contributed by atoms with Gasteiger partial charge in [0.15, 0.2) is 0 Å². The van der Waals surface area contributed by atoms with Crippen molar-refractivity contribution in [3.05, 3.63) is 58.7 Å². The van der Waals surface area contributed by atoms with Crippen LogP contribution in [0.5, 0.6) is 0 Å². The highest BCUT2D eigenvalue weighted by Gasteiger charge is 2.38. The number of rotatable bonds is 8. The van der Waals surface area contributed by atoms with Crippen molar-refractivity contribution in [2.75, 3.05) is 26.2 Å². The van der Waals surface area contributed by atoms with Gasteiger partial charge in [-0.15, -0.1) is 11.6 Å². The predicted octanol–water partition coefficient (Wildman–Crippen LogP) is 6.34. The van der Waals surface area contributed by atoms with Crippen molar-refractivity contribution in [3.8, 4) is 0 Å². The Bertz CT molecular complexity index is 753. The van der Waals surface area contributed by atoms with Gasteiger partial charge in [0.2, 0.25) is 0 Å². The van der Waals surface area contributed by atoms with Crippen molar-refractivity contribution >= 4 is 23.2 Å². The van der Waals surface area contributed by atoms with E-state index in [-0.39, 0.29) is 10.8 Å². The van der Waals surface area contributed by atoms with E-state index >= 15 is 0 Å². The zero-order chi connectivity index (χ0) is 21.7. The van der Waals surface area contributed by atoms with E-state index < -0.39 is 0 Å². The molecule has 1 aromatic rings. The lowest BCUT2D eigenvalue weighted by Crippen LogP contribution is -2.52. The molecule has 1 N–H and O–H groups in total. The first-order valence-corrected chi connectivity index (χ1v) is 12.3. The van der Waals surface area contributed by atoms with Crippen molar-refractivity contribution in [1.82, 2.24) is 10.2 Å². The third-order valence-electron chi connectivity index (χ3n) is 6.76. The molecule has 0 saturated carbocycles. The summed E-state index contributed by atoms with van der Waals surface area (Å²) in [6, 6.07) is 8.71. The second kappa shape index (κ2) is 10.7. The standard InChI is InChI=1S/C26H38Cl2N2/c1-19(2)25(29-14-12-20-6-5-7-23(28)16-20)17-30-15-13-24(26(3,4)18-30)21-8-10-22(27)11-9-21/h5-10,16,19,22,24-25,29H,11-15,17-18H2,1-4H3/t22?,24-,25+/m1/s1. The first-order chi connectivity index (χ1) is 14.2. The summed E-state index contributed by atoms with van der Waals surface area (Å²) in [4.78, 5) is 2.67. The molecule has 0 radical (unpaired) electrons. The van der Waals surface area contributed by atoms with E-state index in [1.807, 2.05) is 12.1 Å². The number of piperidine rings is 1. The quantitative estimate of drug-likeness (QED) is 0.466. The summed E-state index contributed by atoms with van der Waals surface area (Å²) in [5, 5.41) is 4.81. The Morgan fingerprint density at radius 1 is 1.27 bits per heavy atom. The Labute approximate surface area is 193 Å². The highest BCUT2D eigenvalue weighted by atomic mass is 35.5. The molecule has 1 aliphatic carbocycles. The third-order valence-corrected chi connectivity index (χ3v) is 7.31. The molecule has 0 aromatic heterocycles. The molecule has 3 atom stereocenters. The molecule has 166 valence electrons. The summed E-state index contributed by atoms with van der Waals surface area (Å²) in [5.74, 6) is 1.23. The van der Waals surface area contributed by atoms with Crippen LogP contribution in [0.15, 0.2) is 48.1 Å². The number of benzene rings is 1. The van der Waals surface area contributed by atoms with Gasteiger partial charge in [-0.05, 0) is 72.9 Å². The first-order valence-electron chi connectivity index (χ1n) is 11.5. The van der Waals surface area contributed by atoms with E-state index in [1.165, 1.54) is 24.1 Å². The molecule has 1 fully saturated rings. The number of hydrogen-bond acceptors (Lipinski definition) is 2. The second-order valence-electron chi connectivity index (χ2n) is 10.1. The van der Waals surface area contributed by atoms with Crippen LogP contribution in [0.1, 0.15) is 46.1 Å². The van der Waals surface area contributed by atoms with Crippen LogP contribution in [-0.4, -0.2) is 42.5 Å². The largest absolute Gasteiger partial charge is 0.312 e. The van der Waals surface area contributed by atoms with Crippen LogP contribution in [0, 0.1) is 17.3 Å². The van der Waals surface area contributed by atoms with Crippen LogP contribution < -0.4 is 5.32 Å². The van der Waals surface area contributed by atoms with Gasteiger partial charge in [0.1, 0.15) is 0 Å². The minimum Gasteiger partial charge on any atom is -0.312 e. The minimum absolute atomic E-state index is 0.168. The van der Waals surface area contributed by atoms with E-state index in [1.54, 1.807) is 0 Å². The Morgan fingerprint density at radius 2 is 2.07 bits per heavy atom. The van der Waals surface area contributed by atoms with E-state index in [9.17, 15) is 0 Å². The maximum Gasteiger partial charge on any atom is 0.0553 e. The summed E-state index contributed by atoms with van der Waals surface area (Å²) >= 11 is 12.4. The highest BCUT2D eigenvalue weighted by molar-refractivity contribution is 6.30. The van der Waals surface area contributed by atoms with Gasteiger partial charge in [0, 0.05) is 24.2 Å². The predicted molar refractivity (Wildman–Crippen MR) is 132 cm³/mol. The Hall–Kier alpha value is -0.800. The van der Waals surface area contributed by atoms with Gasteiger partial charge < -0.3 is 10.2 Å². The zero-order valence-electron chi connectivity index (χ0n) is 19.0. The van der Waals surface area contributed by atoms with E-state index in [0.717, 1.165) is 37.5 Å². The molecular formula is C26H38Cl2N2. The molecule has 1 aliphatic heterocycles. The Balaban J connectivity index is 1.53. The molecule has 1 unspecified atom stereocenters. The molecule has 0 spiro atoms. The summed E-state index contributed by atoms with van der Waals surface area (Å²) in [6.07, 6.45) is 10.0. The van der Waals surface area contributed by atoms with E-state index in [4.69, 9.17) is 23.2 Å². The molecule has 0 amide bonds. The van der Waals surface area contributed by atoms with Crippen LogP contribution in [0.2, 0.25) is 5.02 Å². The molecule has 3 rings (SSSR count). The van der Waals surface area contributed by atoms with Crippen molar-refractivity contribution in [2.24, 2.45) is 17.3 Å². The SMILES string of the molecule is CC(C)[C@H](CN1CC[C@H](C2=CCC(Cl)C=C2)C(C)(C)C1)NCCc1cccc(Cl)c1. The number of nitrogens with zero attached hydrogens (tertiary/aromatic N) is 1. The molecule has 1 saturated heterocycles. The fraction of sp³-hybridized carbons (Fsp3) is 0.615. The molecule has 0 bridgehead atoms. The van der Waals surface area contributed by atoms with Crippen LogP contribution in [0.25, 0.3) is 0 Å². The van der Waals surface area contributed by atoms with Gasteiger partial charge >= 0.3 is 0 Å². The maximum atomic E-state index is 6.24. The number of hydrogen-bond donors (Lipinski definition) is 1. The zero-order valence-corrected chi connectivity index (χ0v) is 20.5. The lowest BCUT2D eigenvalue weighted by molar-refractivity contribution is 0.0633. The summed E-state index contributed by atoms with van der Waals surface area (Å²) < 4.78 is 0. The normalized spacial score (nSPS) is 25.4. The highest BCUT2D eigenvalue weighted by Crippen LogP contribution is 2.41. The van der Waals surface area contributed by atoms with Crippen molar-refractivity contribution in [2.45, 2.75) is 58.4 Å². The lowest BCUT2D eigenvalue weighted by atomic mass is 9.69. The topological polar surface area (TPSA) is 15.3 Å². The van der Waals surface area contributed by atoms with Crippen molar-refractivity contribution in [1.29, 1.82) is 0 Å². The summed E-state index contributed by atoms with van der Waals surface area (Å²) in [5.41, 5.74) is 3.07. The second-order valence-corrected chi connectivity index (χ2v) is 11.1. The van der Waals surface area contributed by atoms with Crippen LogP contribution in [0.3, 0.4) is 0 Å². The van der Waals surface area contributed by atoms with E-state index in [2.05, 4.69) is 68.3 Å². The van der Waals surface area contributed by atoms with Crippen molar-refractivity contribution in [3.63, 3.8) is 0 Å². The van der Waals surface area contributed by atoms with Gasteiger partial charge in [-0.25, -0.2) is 0 Å². The molecule has 2 aliphatic rings. The first kappa shape index (κ1) is 23.9. The minimum atomic E-state index is 0.168. The van der Waals surface area contributed by atoms with E-state index in [0.29, 0.717) is 17.9 Å². The monoisotopic (exact) mass is 448 g/mol. The Kier molecular flexibility index (Phi) is 8.49. The number of allylic oxidation sites excluding steroid dienone is 4. The number of nitrogens with one attached hydrogen (secondary N) is 1. The third kappa shape index (κ3) is 6.60.